The molecule has 1 aromatic rings. The Bertz CT molecular complexity index is 511. The van der Waals surface area contributed by atoms with E-state index in [-0.39, 0.29) is 12.5 Å². The van der Waals surface area contributed by atoms with E-state index in [1.54, 1.807) is 11.9 Å². The fourth-order valence-electron chi connectivity index (χ4n) is 2.64. The topological polar surface area (TPSA) is 29.5 Å². The van der Waals surface area contributed by atoms with Gasteiger partial charge in [0, 0.05) is 19.2 Å². The number of hydrogen-bond donors (Lipinski definition) is 0. The van der Waals surface area contributed by atoms with Crippen molar-refractivity contribution >= 4 is 5.91 Å². The van der Waals surface area contributed by atoms with Crippen LogP contribution >= 0.6 is 0 Å². The van der Waals surface area contributed by atoms with Crippen molar-refractivity contribution in [3.05, 3.63) is 34.9 Å². The lowest BCUT2D eigenvalue weighted by Crippen LogP contribution is -2.36. The molecule has 1 fully saturated rings. The second-order valence-corrected chi connectivity index (χ2v) is 5.65. The van der Waals surface area contributed by atoms with Crippen molar-refractivity contribution in [2.45, 2.75) is 38.1 Å². The summed E-state index contributed by atoms with van der Waals surface area (Å²) in [6, 6.07) is 5.79. The van der Waals surface area contributed by atoms with Crippen LogP contribution in [0.25, 0.3) is 0 Å². The Kier molecular flexibility index (Phi) is 3.05. The van der Waals surface area contributed by atoms with Gasteiger partial charge in [-0.3, -0.25) is 4.79 Å². The van der Waals surface area contributed by atoms with Crippen molar-refractivity contribution in [3.63, 3.8) is 0 Å². The highest BCUT2D eigenvalue weighted by Gasteiger charge is 2.37. The molecule has 4 heteroatoms. The summed E-state index contributed by atoms with van der Waals surface area (Å²) in [5.74, 6) is 0.0535. The number of ether oxygens (including phenoxy) is 1. The van der Waals surface area contributed by atoms with Crippen molar-refractivity contribution in [2.24, 2.45) is 0 Å². The van der Waals surface area contributed by atoms with Crippen LogP contribution in [-0.4, -0.2) is 30.1 Å². The first kappa shape index (κ1) is 12.6. The standard InChI is InChI=1S/C15H18FNO2/c1-17-8-12-4-3-11(7-13(12)14(17)18)9-19-10-15(16)5-2-6-15/h3-4,7H,2,5-6,8-10H2,1H3. The third-order valence-corrected chi connectivity index (χ3v) is 4.04. The van der Waals surface area contributed by atoms with Crippen molar-refractivity contribution < 1.29 is 13.9 Å². The maximum Gasteiger partial charge on any atom is 0.254 e. The highest BCUT2D eigenvalue weighted by Crippen LogP contribution is 2.36. The van der Waals surface area contributed by atoms with Crippen LogP contribution in [0.1, 0.15) is 40.7 Å². The number of carbonyl (C=O) groups is 1. The van der Waals surface area contributed by atoms with Crippen LogP contribution in [0.2, 0.25) is 0 Å². The molecule has 0 spiro atoms. The number of halogens is 1. The van der Waals surface area contributed by atoms with Crippen molar-refractivity contribution in [2.75, 3.05) is 13.7 Å². The van der Waals surface area contributed by atoms with Gasteiger partial charge >= 0.3 is 0 Å². The molecule has 1 aliphatic heterocycles. The van der Waals surface area contributed by atoms with Crippen molar-refractivity contribution in [3.8, 4) is 0 Å². The molecule has 19 heavy (non-hydrogen) atoms. The highest BCUT2D eigenvalue weighted by atomic mass is 19.1. The quantitative estimate of drug-likeness (QED) is 0.836. The molecule has 1 aromatic carbocycles. The maximum absolute atomic E-state index is 13.8. The smallest absolute Gasteiger partial charge is 0.254 e. The monoisotopic (exact) mass is 263 g/mol. The Morgan fingerprint density at radius 3 is 2.89 bits per heavy atom. The second kappa shape index (κ2) is 4.60. The predicted molar refractivity (Wildman–Crippen MR) is 69.6 cm³/mol. The molecule has 102 valence electrons. The summed E-state index contributed by atoms with van der Waals surface area (Å²) in [4.78, 5) is 13.6. The zero-order valence-corrected chi connectivity index (χ0v) is 11.1. The molecule has 0 aromatic heterocycles. The third-order valence-electron chi connectivity index (χ3n) is 4.04. The Morgan fingerprint density at radius 1 is 1.42 bits per heavy atom. The maximum atomic E-state index is 13.8. The van der Waals surface area contributed by atoms with Crippen LogP contribution < -0.4 is 0 Å². The van der Waals surface area contributed by atoms with Gasteiger partial charge in [0.2, 0.25) is 0 Å². The fourth-order valence-corrected chi connectivity index (χ4v) is 2.64. The fraction of sp³-hybridized carbons (Fsp3) is 0.533. The van der Waals surface area contributed by atoms with E-state index in [0.717, 1.165) is 23.1 Å². The second-order valence-electron chi connectivity index (χ2n) is 5.65. The molecular weight excluding hydrogens is 245 g/mol. The highest BCUT2D eigenvalue weighted by molar-refractivity contribution is 5.98. The Balaban J connectivity index is 1.62. The SMILES string of the molecule is CN1Cc2ccc(COCC3(F)CCC3)cc2C1=O. The molecule has 1 heterocycles. The lowest BCUT2D eigenvalue weighted by molar-refractivity contribution is -0.0399. The molecule has 0 N–H and O–H groups in total. The predicted octanol–water partition coefficient (Wildman–Crippen LogP) is 2.68. The summed E-state index contributed by atoms with van der Waals surface area (Å²) in [6.07, 6.45) is 2.18. The summed E-state index contributed by atoms with van der Waals surface area (Å²) in [7, 11) is 1.79. The summed E-state index contributed by atoms with van der Waals surface area (Å²) < 4.78 is 19.2. The summed E-state index contributed by atoms with van der Waals surface area (Å²) in [5.41, 5.74) is 1.64. The number of rotatable bonds is 4. The number of nitrogens with zero attached hydrogens (tertiary/aromatic N) is 1. The molecule has 3 nitrogen and oxygen atoms in total. The Labute approximate surface area is 112 Å². The average Bonchev–Trinajstić information content (AvgIpc) is 2.64. The van der Waals surface area contributed by atoms with Crippen LogP contribution in [0.4, 0.5) is 4.39 Å². The normalized spacial score (nSPS) is 20.3. The van der Waals surface area contributed by atoms with Gasteiger partial charge in [0.1, 0.15) is 5.67 Å². The minimum Gasteiger partial charge on any atom is -0.373 e. The average molecular weight is 263 g/mol. The van der Waals surface area contributed by atoms with Gasteiger partial charge in [-0.05, 0) is 36.5 Å². The minimum atomic E-state index is -1.10. The third kappa shape index (κ3) is 2.37. The Morgan fingerprint density at radius 2 is 2.21 bits per heavy atom. The van der Waals surface area contributed by atoms with Crippen LogP contribution in [0.3, 0.4) is 0 Å². The molecule has 0 bridgehead atoms. The summed E-state index contributed by atoms with van der Waals surface area (Å²) >= 11 is 0. The summed E-state index contributed by atoms with van der Waals surface area (Å²) in [6.45, 7) is 1.21. The largest absolute Gasteiger partial charge is 0.373 e. The lowest BCUT2D eigenvalue weighted by Gasteiger charge is -2.33. The molecule has 0 saturated heterocycles. The van der Waals surface area contributed by atoms with E-state index in [2.05, 4.69) is 0 Å². The zero-order valence-electron chi connectivity index (χ0n) is 11.1. The van der Waals surface area contributed by atoms with Gasteiger partial charge in [0.15, 0.2) is 0 Å². The van der Waals surface area contributed by atoms with Gasteiger partial charge in [0.25, 0.3) is 5.91 Å². The molecule has 0 radical (unpaired) electrons. The molecule has 2 aliphatic rings. The Hall–Kier alpha value is -1.42. The van der Waals surface area contributed by atoms with E-state index < -0.39 is 5.67 Å². The van der Waals surface area contributed by atoms with Crippen LogP contribution in [-0.2, 0) is 17.9 Å². The number of carbonyl (C=O) groups excluding carboxylic acids is 1. The number of benzene rings is 1. The number of alkyl halides is 1. The number of fused-ring (bicyclic) bond motifs is 1. The van der Waals surface area contributed by atoms with Gasteiger partial charge in [-0.25, -0.2) is 4.39 Å². The molecule has 0 unspecified atom stereocenters. The van der Waals surface area contributed by atoms with E-state index in [4.69, 9.17) is 4.74 Å². The van der Waals surface area contributed by atoms with E-state index in [1.165, 1.54) is 0 Å². The minimum absolute atomic E-state index is 0.0535. The van der Waals surface area contributed by atoms with E-state index >= 15 is 0 Å². The zero-order chi connectivity index (χ0) is 13.5. The molecule has 1 aliphatic carbocycles. The van der Waals surface area contributed by atoms with E-state index in [0.29, 0.717) is 26.0 Å². The van der Waals surface area contributed by atoms with Crippen LogP contribution in [0.15, 0.2) is 18.2 Å². The first-order valence-electron chi connectivity index (χ1n) is 6.71. The van der Waals surface area contributed by atoms with E-state index in [1.807, 2.05) is 18.2 Å². The molecule has 1 saturated carbocycles. The van der Waals surface area contributed by atoms with Gasteiger partial charge in [-0.15, -0.1) is 0 Å². The molecule has 1 amide bonds. The molecule has 0 atom stereocenters. The van der Waals surface area contributed by atoms with Crippen molar-refractivity contribution in [1.82, 2.24) is 4.90 Å². The number of hydrogen-bond acceptors (Lipinski definition) is 2. The first-order valence-corrected chi connectivity index (χ1v) is 6.71. The molecule has 3 rings (SSSR count). The van der Waals surface area contributed by atoms with Crippen molar-refractivity contribution in [1.29, 1.82) is 0 Å². The van der Waals surface area contributed by atoms with E-state index in [9.17, 15) is 9.18 Å². The summed E-state index contributed by atoms with van der Waals surface area (Å²) in [5, 5.41) is 0. The van der Waals surface area contributed by atoms with Gasteiger partial charge in [-0.1, -0.05) is 12.1 Å². The lowest BCUT2D eigenvalue weighted by atomic mass is 9.83. The van der Waals surface area contributed by atoms with Gasteiger partial charge in [-0.2, -0.15) is 0 Å². The first-order chi connectivity index (χ1) is 9.07. The number of amides is 1. The molecular formula is C15H18FNO2. The van der Waals surface area contributed by atoms with Crippen LogP contribution in [0, 0.1) is 0 Å². The van der Waals surface area contributed by atoms with Crippen LogP contribution in [0.5, 0.6) is 0 Å². The van der Waals surface area contributed by atoms with Gasteiger partial charge in [0.05, 0.1) is 13.2 Å². The van der Waals surface area contributed by atoms with Gasteiger partial charge < -0.3 is 9.64 Å².